The molecule has 1 heterocycles. The van der Waals surface area contributed by atoms with Crippen LogP contribution >= 0.6 is 0 Å². The standard InChI is InChI=1S/C23H23N3O3/c1-16(27)18-7-5-8-20(14-18)26-22-15-19(11-12-24-22)23(28)25-13-10-17-6-3-4-9-21(17)29-2/h3-9,11-12,14-15H,10,13H2,1-2H3,(H,24,26)(H,25,28). The summed E-state index contributed by atoms with van der Waals surface area (Å²) in [6.45, 7) is 2.01. The summed E-state index contributed by atoms with van der Waals surface area (Å²) in [5, 5.41) is 6.05. The van der Waals surface area contributed by atoms with Crippen LogP contribution in [0.5, 0.6) is 5.75 Å². The Hall–Kier alpha value is -3.67. The van der Waals surface area contributed by atoms with Gasteiger partial charge in [0.2, 0.25) is 0 Å². The minimum atomic E-state index is -0.178. The molecule has 6 heteroatoms. The van der Waals surface area contributed by atoms with Crippen LogP contribution in [0.3, 0.4) is 0 Å². The Morgan fingerprint density at radius 3 is 2.62 bits per heavy atom. The highest BCUT2D eigenvalue weighted by Crippen LogP contribution is 2.18. The minimum Gasteiger partial charge on any atom is -0.496 e. The molecule has 3 aromatic rings. The van der Waals surface area contributed by atoms with Crippen LogP contribution in [0.15, 0.2) is 66.9 Å². The number of aromatic nitrogens is 1. The van der Waals surface area contributed by atoms with Gasteiger partial charge in [-0.15, -0.1) is 0 Å². The molecule has 1 amide bonds. The second kappa shape index (κ2) is 9.50. The summed E-state index contributed by atoms with van der Waals surface area (Å²) in [7, 11) is 1.63. The monoisotopic (exact) mass is 389 g/mol. The van der Waals surface area contributed by atoms with Gasteiger partial charge in [-0.2, -0.15) is 0 Å². The number of para-hydroxylation sites is 1. The molecule has 0 aliphatic carbocycles. The van der Waals surface area contributed by atoms with E-state index in [1.54, 1.807) is 43.6 Å². The van der Waals surface area contributed by atoms with Crippen molar-refractivity contribution in [3.8, 4) is 5.75 Å². The first-order valence-electron chi connectivity index (χ1n) is 9.31. The van der Waals surface area contributed by atoms with Crippen LogP contribution in [0.1, 0.15) is 33.2 Å². The molecule has 2 N–H and O–H groups in total. The highest BCUT2D eigenvalue weighted by atomic mass is 16.5. The van der Waals surface area contributed by atoms with Crippen molar-refractivity contribution in [2.24, 2.45) is 0 Å². The number of ketones is 1. The molecule has 0 unspecified atom stereocenters. The van der Waals surface area contributed by atoms with Crippen molar-refractivity contribution in [3.63, 3.8) is 0 Å². The van der Waals surface area contributed by atoms with Gasteiger partial charge in [-0.25, -0.2) is 4.98 Å². The maximum absolute atomic E-state index is 12.5. The first-order valence-corrected chi connectivity index (χ1v) is 9.31. The second-order valence-electron chi connectivity index (χ2n) is 6.51. The molecule has 148 valence electrons. The third-order valence-electron chi connectivity index (χ3n) is 4.44. The maximum Gasteiger partial charge on any atom is 0.251 e. The second-order valence-corrected chi connectivity index (χ2v) is 6.51. The number of hydrogen-bond acceptors (Lipinski definition) is 5. The number of rotatable bonds is 8. The fourth-order valence-corrected chi connectivity index (χ4v) is 2.93. The van der Waals surface area contributed by atoms with E-state index in [2.05, 4.69) is 15.6 Å². The van der Waals surface area contributed by atoms with E-state index in [0.717, 1.165) is 17.0 Å². The lowest BCUT2D eigenvalue weighted by atomic mass is 10.1. The largest absolute Gasteiger partial charge is 0.496 e. The van der Waals surface area contributed by atoms with Gasteiger partial charge in [-0.1, -0.05) is 30.3 Å². The molecule has 0 saturated carbocycles. The van der Waals surface area contributed by atoms with Crippen molar-refractivity contribution < 1.29 is 14.3 Å². The Morgan fingerprint density at radius 1 is 1.00 bits per heavy atom. The number of nitrogens with one attached hydrogen (secondary N) is 2. The fraction of sp³-hybridized carbons (Fsp3) is 0.174. The normalized spacial score (nSPS) is 10.3. The molecular weight excluding hydrogens is 366 g/mol. The van der Waals surface area contributed by atoms with Crippen molar-refractivity contribution in [2.75, 3.05) is 19.0 Å². The number of benzene rings is 2. The number of amides is 1. The van der Waals surface area contributed by atoms with E-state index in [0.29, 0.717) is 29.9 Å². The minimum absolute atomic E-state index is 0.00946. The average molecular weight is 389 g/mol. The number of Topliss-reactive ketones (excluding diaryl/α,β-unsaturated/α-hetero) is 1. The predicted octanol–water partition coefficient (Wildman–Crippen LogP) is 4.01. The van der Waals surface area contributed by atoms with Crippen molar-refractivity contribution in [2.45, 2.75) is 13.3 Å². The van der Waals surface area contributed by atoms with Gasteiger partial charge in [0.15, 0.2) is 5.78 Å². The van der Waals surface area contributed by atoms with E-state index < -0.39 is 0 Å². The Kier molecular flexibility index (Phi) is 6.58. The zero-order valence-corrected chi connectivity index (χ0v) is 16.4. The zero-order chi connectivity index (χ0) is 20.6. The van der Waals surface area contributed by atoms with Crippen molar-refractivity contribution >= 4 is 23.2 Å². The molecule has 0 aliphatic heterocycles. The van der Waals surface area contributed by atoms with E-state index in [1.807, 2.05) is 30.3 Å². The summed E-state index contributed by atoms with van der Waals surface area (Å²) < 4.78 is 5.33. The number of carbonyl (C=O) groups is 2. The third-order valence-corrected chi connectivity index (χ3v) is 4.44. The molecule has 0 radical (unpaired) electrons. The number of carbonyl (C=O) groups excluding carboxylic acids is 2. The quantitative estimate of drug-likeness (QED) is 0.569. The van der Waals surface area contributed by atoms with E-state index in [1.165, 1.54) is 6.92 Å². The molecule has 0 bridgehead atoms. The Morgan fingerprint density at radius 2 is 1.83 bits per heavy atom. The number of anilines is 2. The van der Waals surface area contributed by atoms with Crippen LogP contribution in [-0.4, -0.2) is 30.3 Å². The first-order chi connectivity index (χ1) is 14.1. The lowest BCUT2D eigenvalue weighted by Crippen LogP contribution is -2.25. The Bertz CT molecular complexity index is 1020. The molecular formula is C23H23N3O3. The van der Waals surface area contributed by atoms with Crippen molar-refractivity contribution in [3.05, 3.63) is 83.6 Å². The van der Waals surface area contributed by atoms with Crippen molar-refractivity contribution in [1.29, 1.82) is 0 Å². The predicted molar refractivity (Wildman–Crippen MR) is 113 cm³/mol. The molecule has 0 spiro atoms. The molecule has 0 atom stereocenters. The maximum atomic E-state index is 12.5. The van der Waals surface area contributed by atoms with E-state index in [9.17, 15) is 9.59 Å². The van der Waals surface area contributed by atoms with Crippen molar-refractivity contribution in [1.82, 2.24) is 10.3 Å². The third kappa shape index (κ3) is 5.42. The molecule has 1 aromatic heterocycles. The number of methoxy groups -OCH3 is 1. The summed E-state index contributed by atoms with van der Waals surface area (Å²) >= 11 is 0. The molecule has 0 saturated heterocycles. The summed E-state index contributed by atoms with van der Waals surface area (Å²) in [5.74, 6) is 1.15. The highest BCUT2D eigenvalue weighted by Gasteiger charge is 2.09. The van der Waals surface area contributed by atoms with Crippen LogP contribution in [0.2, 0.25) is 0 Å². The van der Waals surface area contributed by atoms with E-state index in [-0.39, 0.29) is 11.7 Å². The van der Waals surface area contributed by atoms with Gasteiger partial charge < -0.3 is 15.4 Å². The number of nitrogens with zero attached hydrogens (tertiary/aromatic N) is 1. The Labute approximate surface area is 169 Å². The highest BCUT2D eigenvalue weighted by molar-refractivity contribution is 5.96. The van der Waals surface area contributed by atoms with Gasteiger partial charge in [-0.05, 0) is 49.2 Å². The molecule has 0 fully saturated rings. The van der Waals surface area contributed by atoms with Gasteiger partial charge in [0.1, 0.15) is 11.6 Å². The summed E-state index contributed by atoms with van der Waals surface area (Å²) in [4.78, 5) is 28.3. The zero-order valence-electron chi connectivity index (χ0n) is 16.4. The number of hydrogen-bond donors (Lipinski definition) is 2. The van der Waals surface area contributed by atoms with Crippen LogP contribution < -0.4 is 15.4 Å². The average Bonchev–Trinajstić information content (AvgIpc) is 2.74. The van der Waals surface area contributed by atoms with Gasteiger partial charge in [0, 0.05) is 29.6 Å². The fourth-order valence-electron chi connectivity index (χ4n) is 2.93. The number of pyridine rings is 1. The van der Waals surface area contributed by atoms with Crippen LogP contribution in [-0.2, 0) is 6.42 Å². The van der Waals surface area contributed by atoms with Gasteiger partial charge in [0.25, 0.3) is 5.91 Å². The Balaban J connectivity index is 1.62. The van der Waals surface area contributed by atoms with Gasteiger partial charge >= 0.3 is 0 Å². The first kappa shape index (κ1) is 20.1. The van der Waals surface area contributed by atoms with E-state index >= 15 is 0 Å². The molecule has 6 nitrogen and oxygen atoms in total. The number of ether oxygens (including phenoxy) is 1. The van der Waals surface area contributed by atoms with Crippen LogP contribution in [0, 0.1) is 0 Å². The molecule has 2 aromatic carbocycles. The van der Waals surface area contributed by atoms with Gasteiger partial charge in [-0.3, -0.25) is 9.59 Å². The smallest absolute Gasteiger partial charge is 0.251 e. The SMILES string of the molecule is COc1ccccc1CCNC(=O)c1ccnc(Nc2cccc(C(C)=O)c2)c1. The molecule has 3 rings (SSSR count). The van der Waals surface area contributed by atoms with Crippen LogP contribution in [0.4, 0.5) is 11.5 Å². The topological polar surface area (TPSA) is 80.3 Å². The molecule has 0 aliphatic rings. The molecule has 29 heavy (non-hydrogen) atoms. The lowest BCUT2D eigenvalue weighted by Gasteiger charge is -2.10. The summed E-state index contributed by atoms with van der Waals surface area (Å²) in [6, 6.07) is 18.2. The van der Waals surface area contributed by atoms with Crippen LogP contribution in [0.25, 0.3) is 0 Å². The summed E-state index contributed by atoms with van der Waals surface area (Å²) in [5.41, 5.74) is 2.89. The summed E-state index contributed by atoms with van der Waals surface area (Å²) in [6.07, 6.45) is 2.25. The van der Waals surface area contributed by atoms with Gasteiger partial charge in [0.05, 0.1) is 7.11 Å². The lowest BCUT2D eigenvalue weighted by molar-refractivity contribution is 0.0953. The van der Waals surface area contributed by atoms with E-state index in [4.69, 9.17) is 4.74 Å².